The Bertz CT molecular complexity index is 490. The summed E-state index contributed by atoms with van der Waals surface area (Å²) in [6.07, 6.45) is 0.509. The van der Waals surface area contributed by atoms with E-state index in [0.717, 1.165) is 23.6 Å². The molecule has 5 nitrogen and oxygen atoms in total. The maximum Gasteiger partial charge on any atom is 0.224 e. The third-order valence-corrected chi connectivity index (χ3v) is 3.49. The highest BCUT2D eigenvalue weighted by Crippen LogP contribution is 2.31. The molecule has 5 heteroatoms. The van der Waals surface area contributed by atoms with Gasteiger partial charge in [-0.3, -0.25) is 4.79 Å². The predicted octanol–water partition coefficient (Wildman–Crippen LogP) is 1.80. The van der Waals surface area contributed by atoms with Gasteiger partial charge in [0.25, 0.3) is 0 Å². The topological polar surface area (TPSA) is 50.8 Å². The van der Waals surface area contributed by atoms with Crippen LogP contribution in [0.4, 0.5) is 0 Å². The van der Waals surface area contributed by atoms with Gasteiger partial charge in [-0.15, -0.1) is 0 Å². The highest BCUT2D eigenvalue weighted by atomic mass is 16.6. The zero-order valence-electron chi connectivity index (χ0n) is 13.0. The van der Waals surface area contributed by atoms with Gasteiger partial charge in [0.1, 0.15) is 13.2 Å². The maximum absolute atomic E-state index is 12.2. The summed E-state index contributed by atoms with van der Waals surface area (Å²) < 4.78 is 11.1. The van der Waals surface area contributed by atoms with Crippen LogP contribution < -0.4 is 14.8 Å². The molecule has 1 aliphatic heterocycles. The predicted molar refractivity (Wildman–Crippen MR) is 81.7 cm³/mol. The Labute approximate surface area is 126 Å². The first kappa shape index (κ1) is 15.6. The number of ether oxygens (including phenoxy) is 2. The van der Waals surface area contributed by atoms with Crippen molar-refractivity contribution in [2.45, 2.75) is 32.9 Å². The van der Waals surface area contributed by atoms with Crippen LogP contribution >= 0.6 is 0 Å². The Balaban J connectivity index is 1.92. The van der Waals surface area contributed by atoms with E-state index >= 15 is 0 Å². The van der Waals surface area contributed by atoms with Crippen molar-refractivity contribution in [3.05, 3.63) is 23.8 Å². The SMILES string of the molecule is CCNC(C)CC(=O)N(C)Cc1ccc2c(c1)OCCO2. The molecule has 1 aromatic carbocycles. The third kappa shape index (κ3) is 4.36. The molecule has 1 atom stereocenters. The molecule has 1 heterocycles. The Morgan fingerprint density at radius 3 is 2.76 bits per heavy atom. The Morgan fingerprint density at radius 2 is 2.05 bits per heavy atom. The van der Waals surface area contributed by atoms with E-state index in [2.05, 4.69) is 5.32 Å². The smallest absolute Gasteiger partial charge is 0.224 e. The molecule has 1 unspecified atom stereocenters. The van der Waals surface area contributed by atoms with Crippen LogP contribution in [0.15, 0.2) is 18.2 Å². The quantitative estimate of drug-likeness (QED) is 0.869. The number of rotatable bonds is 6. The number of hydrogen-bond donors (Lipinski definition) is 1. The van der Waals surface area contributed by atoms with Crippen molar-refractivity contribution >= 4 is 5.91 Å². The first-order chi connectivity index (χ1) is 10.1. The van der Waals surface area contributed by atoms with Crippen LogP contribution in [-0.2, 0) is 11.3 Å². The van der Waals surface area contributed by atoms with Crippen LogP contribution in [0.2, 0.25) is 0 Å². The Morgan fingerprint density at radius 1 is 1.33 bits per heavy atom. The maximum atomic E-state index is 12.2. The molecule has 0 saturated heterocycles. The van der Waals surface area contributed by atoms with Crippen LogP contribution in [-0.4, -0.2) is 43.7 Å². The second-order valence-corrected chi connectivity index (χ2v) is 5.39. The minimum absolute atomic E-state index is 0.137. The van der Waals surface area contributed by atoms with Gasteiger partial charge in [-0.05, 0) is 31.2 Å². The summed E-state index contributed by atoms with van der Waals surface area (Å²) in [5, 5.41) is 3.25. The zero-order valence-corrected chi connectivity index (χ0v) is 13.0. The highest BCUT2D eigenvalue weighted by molar-refractivity contribution is 5.76. The summed E-state index contributed by atoms with van der Waals surface area (Å²) in [6, 6.07) is 6.03. The molecule has 0 spiro atoms. The lowest BCUT2D eigenvalue weighted by molar-refractivity contribution is -0.130. The summed E-state index contributed by atoms with van der Waals surface area (Å²) in [5.74, 6) is 1.68. The van der Waals surface area contributed by atoms with Gasteiger partial charge in [0.2, 0.25) is 5.91 Å². The lowest BCUT2D eigenvalue weighted by Gasteiger charge is -2.22. The largest absolute Gasteiger partial charge is 0.486 e. The molecule has 0 bridgehead atoms. The molecule has 0 aliphatic carbocycles. The molecular weight excluding hydrogens is 268 g/mol. The van der Waals surface area contributed by atoms with Crippen molar-refractivity contribution in [3.63, 3.8) is 0 Å². The van der Waals surface area contributed by atoms with E-state index in [-0.39, 0.29) is 11.9 Å². The van der Waals surface area contributed by atoms with Crippen molar-refractivity contribution in [1.29, 1.82) is 0 Å². The number of carbonyl (C=O) groups excluding carboxylic acids is 1. The fourth-order valence-corrected chi connectivity index (χ4v) is 2.39. The second kappa shape index (κ2) is 7.31. The zero-order chi connectivity index (χ0) is 15.2. The standard InChI is InChI=1S/C16H24N2O3/c1-4-17-12(2)9-16(19)18(3)11-13-5-6-14-15(10-13)21-8-7-20-14/h5-6,10,12,17H,4,7-9,11H2,1-3H3. The van der Waals surface area contributed by atoms with E-state index in [0.29, 0.717) is 26.2 Å². The minimum atomic E-state index is 0.137. The molecule has 0 aromatic heterocycles. The monoisotopic (exact) mass is 292 g/mol. The van der Waals surface area contributed by atoms with E-state index in [1.807, 2.05) is 39.1 Å². The van der Waals surface area contributed by atoms with Gasteiger partial charge in [-0.2, -0.15) is 0 Å². The molecule has 0 radical (unpaired) electrons. The van der Waals surface area contributed by atoms with Gasteiger partial charge in [0, 0.05) is 26.1 Å². The molecule has 1 aromatic rings. The van der Waals surface area contributed by atoms with Gasteiger partial charge in [-0.1, -0.05) is 13.0 Å². The molecule has 116 valence electrons. The average Bonchev–Trinajstić information content (AvgIpc) is 2.47. The van der Waals surface area contributed by atoms with E-state index in [4.69, 9.17) is 9.47 Å². The average molecular weight is 292 g/mol. The minimum Gasteiger partial charge on any atom is -0.486 e. The number of benzene rings is 1. The lowest BCUT2D eigenvalue weighted by Crippen LogP contribution is -2.34. The van der Waals surface area contributed by atoms with Gasteiger partial charge >= 0.3 is 0 Å². The Kier molecular flexibility index (Phi) is 5.44. The molecule has 2 rings (SSSR count). The number of amides is 1. The number of nitrogens with one attached hydrogen (secondary N) is 1. The Hall–Kier alpha value is -1.75. The summed E-state index contributed by atoms with van der Waals surface area (Å²) in [6.45, 7) is 6.69. The molecular formula is C16H24N2O3. The van der Waals surface area contributed by atoms with E-state index in [9.17, 15) is 4.79 Å². The van der Waals surface area contributed by atoms with Crippen molar-refractivity contribution in [3.8, 4) is 11.5 Å². The van der Waals surface area contributed by atoms with Crippen molar-refractivity contribution in [2.75, 3.05) is 26.8 Å². The second-order valence-electron chi connectivity index (χ2n) is 5.39. The first-order valence-electron chi connectivity index (χ1n) is 7.46. The highest BCUT2D eigenvalue weighted by Gasteiger charge is 2.15. The molecule has 0 saturated carbocycles. The van der Waals surface area contributed by atoms with Crippen molar-refractivity contribution in [2.24, 2.45) is 0 Å². The van der Waals surface area contributed by atoms with E-state index in [1.54, 1.807) is 4.90 Å². The van der Waals surface area contributed by atoms with Crippen LogP contribution in [0.25, 0.3) is 0 Å². The third-order valence-electron chi connectivity index (χ3n) is 3.49. The summed E-state index contributed by atoms with van der Waals surface area (Å²) >= 11 is 0. The summed E-state index contributed by atoms with van der Waals surface area (Å²) in [4.78, 5) is 13.9. The lowest BCUT2D eigenvalue weighted by atomic mass is 10.1. The summed E-state index contributed by atoms with van der Waals surface area (Å²) in [5.41, 5.74) is 1.05. The van der Waals surface area contributed by atoms with Crippen LogP contribution in [0.5, 0.6) is 11.5 Å². The number of nitrogens with zero attached hydrogens (tertiary/aromatic N) is 1. The van der Waals surface area contributed by atoms with Gasteiger partial charge in [-0.25, -0.2) is 0 Å². The van der Waals surface area contributed by atoms with Gasteiger partial charge in [0.05, 0.1) is 0 Å². The van der Waals surface area contributed by atoms with Gasteiger partial charge in [0.15, 0.2) is 11.5 Å². The van der Waals surface area contributed by atoms with Crippen molar-refractivity contribution in [1.82, 2.24) is 10.2 Å². The van der Waals surface area contributed by atoms with E-state index < -0.39 is 0 Å². The van der Waals surface area contributed by atoms with Crippen LogP contribution in [0.1, 0.15) is 25.8 Å². The first-order valence-corrected chi connectivity index (χ1v) is 7.46. The molecule has 21 heavy (non-hydrogen) atoms. The van der Waals surface area contributed by atoms with Gasteiger partial charge < -0.3 is 19.7 Å². The fourth-order valence-electron chi connectivity index (χ4n) is 2.39. The molecule has 1 N–H and O–H groups in total. The molecule has 1 amide bonds. The van der Waals surface area contributed by atoms with Crippen molar-refractivity contribution < 1.29 is 14.3 Å². The molecule has 0 fully saturated rings. The summed E-state index contributed by atoms with van der Waals surface area (Å²) in [7, 11) is 1.83. The van der Waals surface area contributed by atoms with E-state index in [1.165, 1.54) is 0 Å². The number of carbonyl (C=O) groups is 1. The number of hydrogen-bond acceptors (Lipinski definition) is 4. The fraction of sp³-hybridized carbons (Fsp3) is 0.562. The van der Waals surface area contributed by atoms with Crippen LogP contribution in [0.3, 0.4) is 0 Å². The molecule has 1 aliphatic rings. The normalized spacial score (nSPS) is 14.6. The van der Waals surface area contributed by atoms with Crippen LogP contribution in [0, 0.1) is 0 Å². The number of fused-ring (bicyclic) bond motifs is 1.